The van der Waals surface area contributed by atoms with E-state index < -0.39 is 24.0 Å². The van der Waals surface area contributed by atoms with E-state index in [4.69, 9.17) is 9.15 Å². The van der Waals surface area contributed by atoms with Gasteiger partial charge in [0.1, 0.15) is 5.69 Å². The summed E-state index contributed by atoms with van der Waals surface area (Å²) in [5, 5.41) is 9.85. The van der Waals surface area contributed by atoms with Crippen molar-refractivity contribution >= 4 is 23.5 Å². The van der Waals surface area contributed by atoms with Crippen LogP contribution in [-0.4, -0.2) is 39.8 Å². The van der Waals surface area contributed by atoms with Gasteiger partial charge in [0.25, 0.3) is 5.22 Å². The second-order valence-electron chi connectivity index (χ2n) is 6.26. The fraction of sp³-hybridized carbons (Fsp3) is 0.190. The normalized spacial score (nSPS) is 19.0. The van der Waals surface area contributed by atoms with Gasteiger partial charge in [-0.05, 0) is 0 Å². The minimum Gasteiger partial charge on any atom is -0.452 e. The van der Waals surface area contributed by atoms with Crippen LogP contribution in [0.1, 0.15) is 6.42 Å². The van der Waals surface area contributed by atoms with Gasteiger partial charge in [-0.2, -0.15) is 0 Å². The van der Waals surface area contributed by atoms with Crippen LogP contribution in [-0.2, 0) is 14.3 Å². The largest absolute Gasteiger partial charge is 0.452 e. The van der Waals surface area contributed by atoms with E-state index in [0.29, 0.717) is 16.7 Å². The van der Waals surface area contributed by atoms with Crippen LogP contribution in [0, 0.1) is 0 Å². The van der Waals surface area contributed by atoms with Crippen molar-refractivity contribution < 1.29 is 23.8 Å². The highest BCUT2D eigenvalue weighted by molar-refractivity contribution is 7.99. The minimum absolute atomic E-state index is 0.288. The zero-order chi connectivity index (χ0) is 19.5. The molecule has 0 aliphatic carbocycles. The molecule has 0 spiro atoms. The van der Waals surface area contributed by atoms with Gasteiger partial charge in [-0.3, -0.25) is 4.79 Å². The van der Waals surface area contributed by atoms with Crippen LogP contribution < -0.4 is 0 Å². The van der Waals surface area contributed by atoms with Crippen molar-refractivity contribution in [2.24, 2.45) is 0 Å². The summed E-state index contributed by atoms with van der Waals surface area (Å²) in [6, 6.07) is 19.5. The van der Waals surface area contributed by atoms with E-state index in [1.54, 1.807) is 0 Å². The van der Waals surface area contributed by atoms with Crippen LogP contribution in [0.15, 0.2) is 70.3 Å². The van der Waals surface area contributed by atoms with Crippen molar-refractivity contribution in [3.63, 3.8) is 0 Å². The van der Waals surface area contributed by atoms with Gasteiger partial charge in [-0.15, -0.1) is 0 Å². The van der Waals surface area contributed by atoms with Crippen molar-refractivity contribution in [3.05, 3.63) is 60.7 Å². The van der Waals surface area contributed by atoms with E-state index in [-0.39, 0.29) is 6.42 Å². The third kappa shape index (κ3) is 3.72. The molecule has 1 fully saturated rings. The number of carbonyl (C=O) groups excluding carboxylic acids is 2. The summed E-state index contributed by atoms with van der Waals surface area (Å²) < 4.78 is 10.9. The van der Waals surface area contributed by atoms with E-state index >= 15 is 0 Å². The quantitative estimate of drug-likeness (QED) is 0.389. The van der Waals surface area contributed by atoms with E-state index in [9.17, 15) is 14.7 Å². The number of Topliss-reactive ketones (excluding diaryl/α,β-unsaturated/α-hetero) is 1. The smallest absolute Gasteiger partial charge is 0.343 e. The van der Waals surface area contributed by atoms with Crippen LogP contribution in [0.2, 0.25) is 0 Å². The lowest BCUT2D eigenvalue weighted by Crippen LogP contribution is -2.25. The van der Waals surface area contributed by atoms with Gasteiger partial charge >= 0.3 is 5.97 Å². The molecule has 2 aromatic carbocycles. The van der Waals surface area contributed by atoms with Crippen LogP contribution in [0.25, 0.3) is 22.6 Å². The summed E-state index contributed by atoms with van der Waals surface area (Å²) in [6.07, 6.45) is -2.28. The van der Waals surface area contributed by atoms with Gasteiger partial charge in [0.05, 0.1) is 0 Å². The first kappa shape index (κ1) is 18.5. The van der Waals surface area contributed by atoms with Crippen LogP contribution in [0.4, 0.5) is 0 Å². The number of nitrogens with zero attached hydrogens (tertiary/aromatic N) is 1. The molecule has 1 aliphatic heterocycles. The Bertz CT molecular complexity index is 930. The summed E-state index contributed by atoms with van der Waals surface area (Å²) in [5.41, 5.74) is 2.61. The lowest BCUT2D eigenvalue weighted by molar-refractivity contribution is -0.147. The molecule has 1 aromatic heterocycles. The summed E-state index contributed by atoms with van der Waals surface area (Å²) in [5.74, 6) is -0.339. The Labute approximate surface area is 165 Å². The SMILES string of the molecule is O=C1OC(CCSc2nc(-c3ccccc3)c(-c3ccccc3)o2)C(=O)C1O. The van der Waals surface area contributed by atoms with E-state index in [1.807, 2.05) is 60.7 Å². The summed E-state index contributed by atoms with van der Waals surface area (Å²) in [4.78, 5) is 27.6. The van der Waals surface area contributed by atoms with Crippen molar-refractivity contribution in [2.75, 3.05) is 5.75 Å². The van der Waals surface area contributed by atoms with Crippen molar-refractivity contribution in [1.82, 2.24) is 4.98 Å². The monoisotopic (exact) mass is 395 g/mol. The molecule has 2 unspecified atom stereocenters. The summed E-state index contributed by atoms with van der Waals surface area (Å²) >= 11 is 1.33. The number of ketones is 1. The van der Waals surface area contributed by atoms with E-state index in [0.717, 1.165) is 16.8 Å². The average molecular weight is 395 g/mol. The van der Waals surface area contributed by atoms with Gasteiger partial charge < -0.3 is 14.3 Å². The molecule has 2 heterocycles. The number of hydrogen-bond donors (Lipinski definition) is 1. The number of rotatable bonds is 6. The van der Waals surface area contributed by atoms with E-state index in [1.165, 1.54) is 11.8 Å². The van der Waals surface area contributed by atoms with Crippen LogP contribution in [0.3, 0.4) is 0 Å². The highest BCUT2D eigenvalue weighted by Gasteiger charge is 2.41. The van der Waals surface area contributed by atoms with Crippen LogP contribution in [0.5, 0.6) is 0 Å². The average Bonchev–Trinajstić information content (AvgIpc) is 3.26. The molecule has 1 saturated heterocycles. The Morgan fingerprint density at radius 1 is 0.964 bits per heavy atom. The molecule has 6 nitrogen and oxygen atoms in total. The lowest BCUT2D eigenvalue weighted by Gasteiger charge is -2.05. The molecule has 1 aliphatic rings. The number of benzene rings is 2. The predicted octanol–water partition coefficient (Wildman–Crippen LogP) is 3.35. The second kappa shape index (κ2) is 8.00. The topological polar surface area (TPSA) is 89.6 Å². The maximum Gasteiger partial charge on any atom is 0.343 e. The molecule has 0 saturated carbocycles. The maximum atomic E-state index is 11.7. The van der Waals surface area contributed by atoms with E-state index in [2.05, 4.69) is 4.98 Å². The number of ether oxygens (including phenoxy) is 1. The standard InChI is InChI=1S/C21H17NO5S/c23-17-15(26-20(25)18(17)24)11-12-28-21-22-16(13-7-3-1-4-8-13)19(27-21)14-9-5-2-6-10-14/h1-10,15,18,24H,11-12H2. The Morgan fingerprint density at radius 2 is 1.61 bits per heavy atom. The van der Waals surface area contributed by atoms with Gasteiger partial charge in [0, 0.05) is 23.3 Å². The molecular formula is C21H17NO5S. The Morgan fingerprint density at radius 3 is 2.21 bits per heavy atom. The lowest BCUT2D eigenvalue weighted by atomic mass is 10.1. The highest BCUT2D eigenvalue weighted by atomic mass is 32.2. The molecule has 28 heavy (non-hydrogen) atoms. The zero-order valence-electron chi connectivity index (χ0n) is 14.8. The molecule has 4 rings (SSSR count). The maximum absolute atomic E-state index is 11.7. The van der Waals surface area contributed by atoms with Crippen molar-refractivity contribution in [2.45, 2.75) is 23.9 Å². The fourth-order valence-electron chi connectivity index (χ4n) is 2.95. The van der Waals surface area contributed by atoms with Crippen molar-refractivity contribution in [1.29, 1.82) is 0 Å². The summed E-state index contributed by atoms with van der Waals surface area (Å²) in [6.45, 7) is 0. The number of cyclic esters (lactones) is 1. The third-order valence-corrected chi connectivity index (χ3v) is 5.23. The van der Waals surface area contributed by atoms with Gasteiger partial charge in [-0.1, -0.05) is 72.4 Å². The Kier molecular flexibility index (Phi) is 5.27. The predicted molar refractivity (Wildman–Crippen MR) is 104 cm³/mol. The molecule has 142 valence electrons. The molecule has 0 radical (unpaired) electrons. The molecule has 0 amide bonds. The Hall–Kier alpha value is -2.90. The molecule has 2 atom stereocenters. The van der Waals surface area contributed by atoms with Gasteiger partial charge in [0.15, 0.2) is 11.9 Å². The fourth-order valence-corrected chi connectivity index (χ4v) is 3.75. The molecule has 3 aromatic rings. The van der Waals surface area contributed by atoms with Gasteiger partial charge in [0.2, 0.25) is 11.9 Å². The van der Waals surface area contributed by atoms with Crippen molar-refractivity contribution in [3.8, 4) is 22.6 Å². The number of aliphatic hydroxyl groups is 1. The number of thioether (sulfide) groups is 1. The molecule has 7 heteroatoms. The number of hydrogen-bond acceptors (Lipinski definition) is 7. The van der Waals surface area contributed by atoms with Crippen LogP contribution >= 0.6 is 11.8 Å². The summed E-state index contributed by atoms with van der Waals surface area (Å²) in [7, 11) is 0. The second-order valence-corrected chi connectivity index (χ2v) is 7.30. The first-order chi connectivity index (χ1) is 13.6. The first-order valence-electron chi connectivity index (χ1n) is 8.80. The number of aliphatic hydroxyl groups excluding tert-OH is 1. The third-order valence-electron chi connectivity index (χ3n) is 4.36. The highest BCUT2D eigenvalue weighted by Crippen LogP contribution is 2.35. The minimum atomic E-state index is -1.66. The number of esters is 1. The first-order valence-corrected chi connectivity index (χ1v) is 9.79. The number of aromatic nitrogens is 1. The molecular weight excluding hydrogens is 378 g/mol. The van der Waals surface area contributed by atoms with Gasteiger partial charge in [-0.25, -0.2) is 9.78 Å². The number of carbonyl (C=O) groups is 2. The Balaban J connectivity index is 1.53. The number of oxazole rings is 1. The molecule has 0 bridgehead atoms. The molecule has 1 N–H and O–H groups in total. The zero-order valence-corrected chi connectivity index (χ0v) is 15.6.